The van der Waals surface area contributed by atoms with Crippen molar-refractivity contribution in [2.75, 3.05) is 26.2 Å². The van der Waals surface area contributed by atoms with E-state index in [-0.39, 0.29) is 11.6 Å². The number of hydrogen-bond acceptors (Lipinski definition) is 2. The summed E-state index contributed by atoms with van der Waals surface area (Å²) < 4.78 is 0. The third kappa shape index (κ3) is 3.35. The number of piperidine rings is 1. The Morgan fingerprint density at radius 1 is 1.53 bits per heavy atom. The van der Waals surface area contributed by atoms with Gasteiger partial charge in [0.05, 0.1) is 0 Å². The summed E-state index contributed by atoms with van der Waals surface area (Å²) in [6, 6.07) is 0.117. The van der Waals surface area contributed by atoms with Gasteiger partial charge in [-0.25, -0.2) is 4.79 Å². The SMILES string of the molecule is CC1CCCN(C(=O)NCC2(C)CCCN2)C1. The zero-order valence-electron chi connectivity index (χ0n) is 11.1. The lowest BCUT2D eigenvalue weighted by molar-refractivity contribution is 0.167. The van der Waals surface area contributed by atoms with Crippen molar-refractivity contribution in [1.82, 2.24) is 15.5 Å². The first-order chi connectivity index (χ1) is 8.09. The van der Waals surface area contributed by atoms with Crippen molar-refractivity contribution in [3.05, 3.63) is 0 Å². The third-order valence-electron chi connectivity index (χ3n) is 4.03. The minimum absolute atomic E-state index is 0.108. The summed E-state index contributed by atoms with van der Waals surface area (Å²) in [6.07, 6.45) is 4.77. The lowest BCUT2D eigenvalue weighted by atomic mass is 10.00. The van der Waals surface area contributed by atoms with Crippen LogP contribution in [0, 0.1) is 5.92 Å². The highest BCUT2D eigenvalue weighted by Crippen LogP contribution is 2.18. The van der Waals surface area contributed by atoms with Crippen molar-refractivity contribution in [3.8, 4) is 0 Å². The highest BCUT2D eigenvalue weighted by molar-refractivity contribution is 5.74. The summed E-state index contributed by atoms with van der Waals surface area (Å²) in [5, 5.41) is 6.55. The molecular weight excluding hydrogens is 214 g/mol. The highest BCUT2D eigenvalue weighted by atomic mass is 16.2. The molecule has 2 N–H and O–H groups in total. The summed E-state index contributed by atoms with van der Waals surface area (Å²) in [5.74, 6) is 0.648. The molecule has 0 spiro atoms. The second kappa shape index (κ2) is 5.25. The summed E-state index contributed by atoms with van der Waals surface area (Å²) >= 11 is 0. The number of nitrogens with zero attached hydrogens (tertiary/aromatic N) is 1. The molecule has 0 radical (unpaired) electrons. The zero-order valence-corrected chi connectivity index (χ0v) is 11.1. The van der Waals surface area contributed by atoms with Gasteiger partial charge in [-0.15, -0.1) is 0 Å². The molecule has 0 aromatic carbocycles. The van der Waals surface area contributed by atoms with Gasteiger partial charge in [-0.2, -0.15) is 0 Å². The Morgan fingerprint density at radius 3 is 3.00 bits per heavy atom. The Bertz CT molecular complexity index is 274. The maximum Gasteiger partial charge on any atom is 0.317 e. The van der Waals surface area contributed by atoms with Gasteiger partial charge >= 0.3 is 6.03 Å². The quantitative estimate of drug-likeness (QED) is 0.768. The van der Waals surface area contributed by atoms with Crippen molar-refractivity contribution >= 4 is 6.03 Å². The van der Waals surface area contributed by atoms with E-state index in [1.54, 1.807) is 0 Å². The summed E-state index contributed by atoms with van der Waals surface area (Å²) in [5.41, 5.74) is 0.108. The zero-order chi connectivity index (χ0) is 12.3. The molecule has 4 heteroatoms. The molecule has 2 heterocycles. The normalized spacial score (nSPS) is 33.8. The van der Waals surface area contributed by atoms with Crippen LogP contribution in [0.2, 0.25) is 0 Å². The Hall–Kier alpha value is -0.770. The Kier molecular flexibility index (Phi) is 3.92. The van der Waals surface area contributed by atoms with E-state index in [4.69, 9.17) is 0 Å². The predicted octanol–water partition coefficient (Wildman–Crippen LogP) is 1.57. The first kappa shape index (κ1) is 12.7. The number of nitrogens with one attached hydrogen (secondary N) is 2. The molecular formula is C13H25N3O. The molecule has 2 amide bonds. The molecule has 2 rings (SSSR count). The smallest absolute Gasteiger partial charge is 0.317 e. The highest BCUT2D eigenvalue weighted by Gasteiger charge is 2.29. The van der Waals surface area contributed by atoms with Gasteiger partial charge in [-0.05, 0) is 45.1 Å². The van der Waals surface area contributed by atoms with Crippen molar-refractivity contribution in [2.45, 2.75) is 45.1 Å². The number of likely N-dealkylation sites (tertiary alicyclic amines) is 1. The van der Waals surface area contributed by atoms with E-state index in [1.807, 2.05) is 4.90 Å². The number of hydrogen-bond donors (Lipinski definition) is 2. The molecule has 2 aliphatic heterocycles. The molecule has 98 valence electrons. The maximum absolute atomic E-state index is 12.0. The van der Waals surface area contributed by atoms with Gasteiger partial charge in [0.25, 0.3) is 0 Å². The lowest BCUT2D eigenvalue weighted by Crippen LogP contribution is -2.52. The molecule has 0 aromatic heterocycles. The van der Waals surface area contributed by atoms with E-state index in [0.717, 1.165) is 39.0 Å². The van der Waals surface area contributed by atoms with Crippen LogP contribution in [0.5, 0.6) is 0 Å². The molecule has 2 fully saturated rings. The van der Waals surface area contributed by atoms with Crippen molar-refractivity contribution in [1.29, 1.82) is 0 Å². The Labute approximate surface area is 104 Å². The summed E-state index contributed by atoms with van der Waals surface area (Å²) in [4.78, 5) is 14.0. The van der Waals surface area contributed by atoms with E-state index in [1.165, 1.54) is 12.8 Å². The Balaban J connectivity index is 1.76. The van der Waals surface area contributed by atoms with Crippen molar-refractivity contribution in [2.24, 2.45) is 5.92 Å². The predicted molar refractivity (Wildman–Crippen MR) is 69.0 cm³/mol. The standard InChI is InChI=1S/C13H25N3O/c1-11-5-3-8-16(9-11)12(17)14-10-13(2)6-4-7-15-13/h11,15H,3-10H2,1-2H3,(H,14,17). The topological polar surface area (TPSA) is 44.4 Å². The molecule has 4 nitrogen and oxygen atoms in total. The van der Waals surface area contributed by atoms with Gasteiger partial charge in [0, 0.05) is 25.2 Å². The molecule has 2 aliphatic rings. The van der Waals surface area contributed by atoms with Crippen LogP contribution in [-0.2, 0) is 0 Å². The fraction of sp³-hybridized carbons (Fsp3) is 0.923. The van der Waals surface area contributed by atoms with Gasteiger partial charge in [0.1, 0.15) is 0 Å². The van der Waals surface area contributed by atoms with Crippen molar-refractivity contribution in [3.63, 3.8) is 0 Å². The van der Waals surface area contributed by atoms with Gasteiger partial charge in [0.15, 0.2) is 0 Å². The first-order valence-electron chi connectivity index (χ1n) is 6.87. The van der Waals surface area contributed by atoms with E-state index >= 15 is 0 Å². The molecule has 17 heavy (non-hydrogen) atoms. The Morgan fingerprint density at radius 2 is 2.35 bits per heavy atom. The molecule has 0 saturated carbocycles. The minimum Gasteiger partial charge on any atom is -0.336 e. The molecule has 0 aliphatic carbocycles. The monoisotopic (exact) mass is 239 g/mol. The van der Waals surface area contributed by atoms with Gasteiger partial charge in [-0.1, -0.05) is 6.92 Å². The van der Waals surface area contributed by atoms with Crippen LogP contribution in [0.15, 0.2) is 0 Å². The van der Waals surface area contributed by atoms with Gasteiger partial charge < -0.3 is 15.5 Å². The maximum atomic E-state index is 12.0. The number of carbonyl (C=O) groups is 1. The van der Waals surface area contributed by atoms with Crippen molar-refractivity contribution < 1.29 is 4.79 Å². The number of urea groups is 1. The van der Waals surface area contributed by atoms with Crippen LogP contribution < -0.4 is 10.6 Å². The average molecular weight is 239 g/mol. The molecule has 2 unspecified atom stereocenters. The van der Waals surface area contributed by atoms with Crippen LogP contribution in [0.3, 0.4) is 0 Å². The van der Waals surface area contributed by atoms with Crippen LogP contribution in [-0.4, -0.2) is 42.6 Å². The van der Waals surface area contributed by atoms with E-state index < -0.39 is 0 Å². The number of amides is 2. The first-order valence-corrected chi connectivity index (χ1v) is 6.87. The fourth-order valence-electron chi connectivity index (χ4n) is 2.86. The summed E-state index contributed by atoms with van der Waals surface area (Å²) in [7, 11) is 0. The minimum atomic E-state index is 0.108. The lowest BCUT2D eigenvalue weighted by Gasteiger charge is -2.32. The van der Waals surface area contributed by atoms with Crippen LogP contribution in [0.1, 0.15) is 39.5 Å². The largest absolute Gasteiger partial charge is 0.336 e. The number of carbonyl (C=O) groups excluding carboxylic acids is 1. The molecule has 0 bridgehead atoms. The average Bonchev–Trinajstić information content (AvgIpc) is 2.74. The van der Waals surface area contributed by atoms with Crippen LogP contribution in [0.25, 0.3) is 0 Å². The molecule has 2 atom stereocenters. The molecule has 2 saturated heterocycles. The summed E-state index contributed by atoms with van der Waals surface area (Å²) in [6.45, 7) is 8.07. The fourth-order valence-corrected chi connectivity index (χ4v) is 2.86. The van der Waals surface area contributed by atoms with E-state index in [0.29, 0.717) is 5.92 Å². The van der Waals surface area contributed by atoms with E-state index in [9.17, 15) is 4.79 Å². The second-order valence-electron chi connectivity index (χ2n) is 5.94. The van der Waals surface area contributed by atoms with Crippen LogP contribution in [0.4, 0.5) is 4.79 Å². The third-order valence-corrected chi connectivity index (χ3v) is 4.03. The molecule has 0 aromatic rings. The van der Waals surface area contributed by atoms with E-state index in [2.05, 4.69) is 24.5 Å². The van der Waals surface area contributed by atoms with Crippen LogP contribution >= 0.6 is 0 Å². The number of rotatable bonds is 2. The van der Waals surface area contributed by atoms with Gasteiger partial charge in [0.2, 0.25) is 0 Å². The second-order valence-corrected chi connectivity index (χ2v) is 5.94. The van der Waals surface area contributed by atoms with Gasteiger partial charge in [-0.3, -0.25) is 0 Å².